The van der Waals surface area contributed by atoms with E-state index in [0.29, 0.717) is 29.2 Å². The molecule has 0 fully saturated rings. The second-order valence-electron chi connectivity index (χ2n) is 8.21. The van der Waals surface area contributed by atoms with Crippen molar-refractivity contribution in [3.8, 4) is 0 Å². The average molecular weight is 509 g/mol. The van der Waals surface area contributed by atoms with E-state index in [1.807, 2.05) is 30.5 Å². The van der Waals surface area contributed by atoms with Crippen LogP contribution in [0.2, 0.25) is 0 Å². The molecule has 0 aliphatic heterocycles. The number of hydrogen-bond acceptors (Lipinski definition) is 5. The Morgan fingerprint density at radius 3 is 2.42 bits per heavy atom. The van der Waals surface area contributed by atoms with Crippen molar-refractivity contribution in [2.75, 3.05) is 25.0 Å². The Morgan fingerprint density at radius 2 is 1.75 bits per heavy atom. The summed E-state index contributed by atoms with van der Waals surface area (Å²) in [5.74, 6) is -5.81. The lowest BCUT2D eigenvalue weighted by molar-refractivity contribution is -0.291. The van der Waals surface area contributed by atoms with Crippen molar-refractivity contribution in [1.29, 1.82) is 0 Å². The van der Waals surface area contributed by atoms with Crippen molar-refractivity contribution < 1.29 is 26.7 Å². The first-order valence-electron chi connectivity index (χ1n) is 11.3. The van der Waals surface area contributed by atoms with E-state index < -0.39 is 23.7 Å². The minimum atomic E-state index is -5.85. The van der Waals surface area contributed by atoms with Crippen LogP contribution < -0.4 is 5.32 Å². The van der Waals surface area contributed by atoms with Gasteiger partial charge in [-0.3, -0.25) is 10.1 Å². The number of carbonyl (C=O) groups excluding carboxylic acids is 1. The van der Waals surface area contributed by atoms with Gasteiger partial charge in [-0.25, -0.2) is 14.5 Å². The molecule has 36 heavy (non-hydrogen) atoms. The van der Waals surface area contributed by atoms with Gasteiger partial charge in [0.05, 0.1) is 11.0 Å². The van der Waals surface area contributed by atoms with E-state index in [2.05, 4.69) is 25.3 Å². The minimum absolute atomic E-state index is 0.0773. The molecule has 0 aliphatic carbocycles. The van der Waals surface area contributed by atoms with Crippen LogP contribution in [0.25, 0.3) is 16.7 Å². The normalized spacial score (nSPS) is 12.7. The van der Waals surface area contributed by atoms with E-state index in [1.54, 1.807) is 12.1 Å². The highest BCUT2D eigenvalue weighted by molar-refractivity contribution is 6.03. The Balaban J connectivity index is 1.70. The SMILES string of the molecule is CCN(CC)CCn1c(NC(=O)c2cc3nc(C)cc(C(F)(F)C(F)(F)F)n3n2)nc2ccccc21. The minimum Gasteiger partial charge on any atom is -0.309 e. The molecule has 0 unspecified atom stereocenters. The number of benzene rings is 1. The van der Waals surface area contributed by atoms with Crippen LogP contribution in [-0.4, -0.2) is 60.8 Å². The molecule has 1 aromatic carbocycles. The van der Waals surface area contributed by atoms with Crippen LogP contribution in [0.1, 0.15) is 35.7 Å². The molecular weight excluding hydrogens is 485 g/mol. The molecular formula is C23H24F5N7O. The van der Waals surface area contributed by atoms with Crippen LogP contribution in [-0.2, 0) is 12.5 Å². The second kappa shape index (κ2) is 9.45. The number of nitrogens with zero attached hydrogens (tertiary/aromatic N) is 6. The summed E-state index contributed by atoms with van der Waals surface area (Å²) >= 11 is 0. The Hall–Kier alpha value is -3.61. The maximum Gasteiger partial charge on any atom is 0.459 e. The van der Waals surface area contributed by atoms with Gasteiger partial charge in [0, 0.05) is 24.8 Å². The van der Waals surface area contributed by atoms with Crippen molar-refractivity contribution in [2.45, 2.75) is 39.4 Å². The molecule has 192 valence electrons. The summed E-state index contributed by atoms with van der Waals surface area (Å²) < 4.78 is 69.7. The molecule has 8 nitrogen and oxygen atoms in total. The lowest BCUT2D eigenvalue weighted by Crippen LogP contribution is -2.36. The number of fused-ring (bicyclic) bond motifs is 2. The van der Waals surface area contributed by atoms with E-state index >= 15 is 0 Å². The fraction of sp³-hybridized carbons (Fsp3) is 0.391. The number of aryl methyl sites for hydroxylation is 1. The lowest BCUT2D eigenvalue weighted by Gasteiger charge is -2.20. The van der Waals surface area contributed by atoms with Crippen LogP contribution in [0.5, 0.6) is 0 Å². The lowest BCUT2D eigenvalue weighted by atomic mass is 10.2. The predicted molar refractivity (Wildman–Crippen MR) is 123 cm³/mol. The Labute approximate surface area is 202 Å². The molecule has 3 aromatic heterocycles. The highest BCUT2D eigenvalue weighted by Gasteiger charge is 2.60. The van der Waals surface area contributed by atoms with Gasteiger partial charge in [-0.05, 0) is 38.2 Å². The number of aromatic nitrogens is 5. The maximum atomic E-state index is 14.2. The molecule has 1 amide bonds. The van der Waals surface area contributed by atoms with Crippen LogP contribution in [0.3, 0.4) is 0 Å². The molecule has 0 radical (unpaired) electrons. The standard InChI is InChI=1S/C23H24F5N7O/c1-4-33(5-2)10-11-34-17-9-7-6-8-15(17)30-21(34)31-20(36)16-13-19-29-14(3)12-18(35(19)32-16)22(24,25)23(26,27)28/h6-9,12-13H,4-5,10-11H2,1-3H3,(H,30,31,36). The van der Waals surface area contributed by atoms with Crippen molar-refractivity contribution >= 4 is 28.5 Å². The summed E-state index contributed by atoms with van der Waals surface area (Å²) in [7, 11) is 0. The largest absolute Gasteiger partial charge is 0.459 e. The predicted octanol–water partition coefficient (Wildman–Crippen LogP) is 4.64. The van der Waals surface area contributed by atoms with Crippen molar-refractivity contribution in [3.05, 3.63) is 53.5 Å². The molecule has 0 aliphatic rings. The quantitative estimate of drug-likeness (QED) is 0.350. The molecule has 0 saturated heterocycles. The summed E-state index contributed by atoms with van der Waals surface area (Å²) in [5.41, 5.74) is -0.788. The molecule has 0 spiro atoms. The van der Waals surface area contributed by atoms with Gasteiger partial charge in [-0.1, -0.05) is 26.0 Å². The highest BCUT2D eigenvalue weighted by Crippen LogP contribution is 2.43. The van der Waals surface area contributed by atoms with E-state index in [4.69, 9.17) is 0 Å². The molecule has 13 heteroatoms. The highest BCUT2D eigenvalue weighted by atomic mass is 19.4. The molecule has 1 N–H and O–H groups in total. The summed E-state index contributed by atoms with van der Waals surface area (Å²) in [6, 6.07) is 8.92. The third-order valence-corrected chi connectivity index (χ3v) is 5.88. The summed E-state index contributed by atoms with van der Waals surface area (Å²) in [5, 5.41) is 6.35. The molecule has 4 aromatic rings. The fourth-order valence-corrected chi connectivity index (χ4v) is 3.92. The maximum absolute atomic E-state index is 14.2. The van der Waals surface area contributed by atoms with Crippen LogP contribution >= 0.6 is 0 Å². The Bertz CT molecular complexity index is 1410. The average Bonchev–Trinajstić information content (AvgIpc) is 3.39. The van der Waals surface area contributed by atoms with E-state index in [-0.39, 0.29) is 23.0 Å². The first kappa shape index (κ1) is 25.5. The van der Waals surface area contributed by atoms with Gasteiger partial charge in [-0.2, -0.15) is 27.1 Å². The molecule has 0 atom stereocenters. The van der Waals surface area contributed by atoms with Crippen LogP contribution in [0, 0.1) is 6.92 Å². The Kier molecular flexibility index (Phi) is 6.69. The van der Waals surface area contributed by atoms with Crippen LogP contribution in [0.4, 0.5) is 27.9 Å². The first-order valence-corrected chi connectivity index (χ1v) is 11.3. The van der Waals surface area contributed by atoms with E-state index in [9.17, 15) is 26.7 Å². The van der Waals surface area contributed by atoms with Gasteiger partial charge in [0.25, 0.3) is 5.91 Å². The number of rotatable bonds is 8. The number of para-hydroxylation sites is 2. The zero-order chi connectivity index (χ0) is 26.3. The number of alkyl halides is 5. The van der Waals surface area contributed by atoms with Gasteiger partial charge < -0.3 is 9.47 Å². The van der Waals surface area contributed by atoms with E-state index in [1.165, 1.54) is 6.92 Å². The smallest absolute Gasteiger partial charge is 0.309 e. The third kappa shape index (κ3) is 4.62. The monoisotopic (exact) mass is 509 g/mol. The fourth-order valence-electron chi connectivity index (χ4n) is 3.92. The van der Waals surface area contributed by atoms with Crippen molar-refractivity contribution in [1.82, 2.24) is 29.0 Å². The zero-order valence-electron chi connectivity index (χ0n) is 19.8. The first-order chi connectivity index (χ1) is 17.0. The number of carbonyl (C=O) groups is 1. The summed E-state index contributed by atoms with van der Waals surface area (Å²) in [6.07, 6.45) is -5.85. The number of likely N-dealkylation sites (N-methyl/N-ethyl adjacent to an activating group) is 1. The van der Waals surface area contributed by atoms with Gasteiger partial charge in [0.15, 0.2) is 11.3 Å². The third-order valence-electron chi connectivity index (χ3n) is 5.88. The molecule has 0 bridgehead atoms. The van der Waals surface area contributed by atoms with Gasteiger partial charge in [0.1, 0.15) is 5.69 Å². The molecule has 3 heterocycles. The number of anilines is 1. The number of hydrogen-bond donors (Lipinski definition) is 1. The molecule has 0 saturated carbocycles. The second-order valence-corrected chi connectivity index (χ2v) is 8.21. The number of amides is 1. The zero-order valence-corrected chi connectivity index (χ0v) is 19.8. The number of nitrogens with one attached hydrogen (secondary N) is 1. The summed E-state index contributed by atoms with van der Waals surface area (Å²) in [4.78, 5) is 23.6. The number of halogens is 5. The number of imidazole rings is 1. The topological polar surface area (TPSA) is 80.3 Å². The molecule has 4 rings (SSSR count). The van der Waals surface area contributed by atoms with E-state index in [0.717, 1.165) is 24.7 Å². The van der Waals surface area contributed by atoms with Gasteiger partial charge >= 0.3 is 12.1 Å². The van der Waals surface area contributed by atoms with Gasteiger partial charge in [0.2, 0.25) is 5.95 Å². The van der Waals surface area contributed by atoms with Gasteiger partial charge in [-0.15, -0.1) is 0 Å². The van der Waals surface area contributed by atoms with Crippen LogP contribution in [0.15, 0.2) is 36.4 Å². The Morgan fingerprint density at radius 1 is 1.06 bits per heavy atom. The van der Waals surface area contributed by atoms with Crippen molar-refractivity contribution in [3.63, 3.8) is 0 Å². The van der Waals surface area contributed by atoms with Crippen molar-refractivity contribution in [2.24, 2.45) is 0 Å². The summed E-state index contributed by atoms with van der Waals surface area (Å²) in [6.45, 7) is 8.21.